The van der Waals surface area contributed by atoms with E-state index in [1.54, 1.807) is 0 Å². The van der Waals surface area contributed by atoms with Gasteiger partial charge in [-0.25, -0.2) is 0 Å². The third-order valence-electron chi connectivity index (χ3n) is 2.68. The largest absolute Gasteiger partial charge is 0.393 e. The predicted molar refractivity (Wildman–Crippen MR) is 42.3 cm³/mol. The quantitative estimate of drug-likeness (QED) is 0.576. The normalized spacial score (nSPS) is 36.5. The van der Waals surface area contributed by atoms with Crippen molar-refractivity contribution < 1.29 is 9.84 Å². The zero-order chi connectivity index (χ0) is 7.84. The number of hydrogen-bond donors (Lipinski definition) is 1. The van der Waals surface area contributed by atoms with E-state index >= 15 is 0 Å². The summed E-state index contributed by atoms with van der Waals surface area (Å²) >= 11 is 0. The Balaban J connectivity index is 2.18. The number of aliphatic hydroxyl groups excluding tert-OH is 1. The number of aliphatic hydroxyl groups is 1. The molecule has 1 aliphatic heterocycles. The van der Waals surface area contributed by atoms with E-state index in [0.717, 1.165) is 25.9 Å². The van der Waals surface area contributed by atoms with Gasteiger partial charge in [0.25, 0.3) is 0 Å². The van der Waals surface area contributed by atoms with Gasteiger partial charge in [-0.2, -0.15) is 0 Å². The second-order valence-electron chi connectivity index (χ2n) is 3.38. The lowest BCUT2D eigenvalue weighted by Crippen LogP contribution is -2.39. The summed E-state index contributed by atoms with van der Waals surface area (Å²) in [6, 6.07) is 0. The maximum absolute atomic E-state index is 9.42. The summed E-state index contributed by atoms with van der Waals surface area (Å²) in [6.45, 7) is 2.97. The second kappa shape index (κ2) is 2.61. The van der Waals surface area contributed by atoms with Gasteiger partial charge < -0.3 is 9.84 Å². The summed E-state index contributed by atoms with van der Waals surface area (Å²) in [5.41, 5.74) is 2.90. The van der Waals surface area contributed by atoms with Gasteiger partial charge in [0, 0.05) is 6.42 Å². The molecular formula is C9H14O2. The number of rotatable bonds is 1. The molecule has 0 aromatic rings. The molecule has 0 spiro atoms. The number of ether oxygens (including phenoxy) is 1. The van der Waals surface area contributed by atoms with E-state index in [1.165, 1.54) is 11.1 Å². The van der Waals surface area contributed by atoms with Crippen LogP contribution in [0, 0.1) is 0 Å². The zero-order valence-corrected chi connectivity index (χ0v) is 6.84. The fourth-order valence-electron chi connectivity index (χ4n) is 1.94. The predicted octanol–water partition coefficient (Wildman–Crippen LogP) is 1.25. The van der Waals surface area contributed by atoms with Crippen LogP contribution in [0.3, 0.4) is 0 Å². The third-order valence-corrected chi connectivity index (χ3v) is 2.68. The molecule has 2 nitrogen and oxygen atoms in total. The molecule has 0 saturated carbocycles. The van der Waals surface area contributed by atoms with Crippen LogP contribution in [0.15, 0.2) is 11.1 Å². The van der Waals surface area contributed by atoms with Crippen LogP contribution in [0.25, 0.3) is 0 Å². The molecule has 2 atom stereocenters. The molecule has 62 valence electrons. The van der Waals surface area contributed by atoms with Crippen molar-refractivity contribution in [2.45, 2.75) is 38.4 Å². The minimum Gasteiger partial charge on any atom is -0.393 e. The summed E-state index contributed by atoms with van der Waals surface area (Å²) in [4.78, 5) is 0. The minimum atomic E-state index is -0.154. The van der Waals surface area contributed by atoms with Gasteiger partial charge >= 0.3 is 0 Å². The number of fused-ring (bicyclic) bond motifs is 1. The molecular weight excluding hydrogens is 140 g/mol. The SMILES string of the molecule is CCC1=C2COC2CC(O)C1. The van der Waals surface area contributed by atoms with Crippen molar-refractivity contribution in [3.63, 3.8) is 0 Å². The van der Waals surface area contributed by atoms with Gasteiger partial charge in [0.15, 0.2) is 0 Å². The first-order valence-corrected chi connectivity index (χ1v) is 4.31. The lowest BCUT2D eigenvalue weighted by Gasteiger charge is -2.38. The Bertz CT molecular complexity index is 196. The standard InChI is InChI=1S/C9H14O2/c1-2-6-3-7(10)4-9-8(6)5-11-9/h7,9-10H,2-5H2,1H3. The molecule has 0 aromatic heterocycles. The van der Waals surface area contributed by atoms with Crippen molar-refractivity contribution in [3.8, 4) is 0 Å². The van der Waals surface area contributed by atoms with Gasteiger partial charge in [0.1, 0.15) is 0 Å². The summed E-state index contributed by atoms with van der Waals surface area (Å²) in [5, 5.41) is 9.42. The maximum Gasteiger partial charge on any atom is 0.0839 e. The van der Waals surface area contributed by atoms with Crippen LogP contribution in [0.2, 0.25) is 0 Å². The highest BCUT2D eigenvalue weighted by atomic mass is 16.5. The molecule has 0 aromatic carbocycles. The van der Waals surface area contributed by atoms with E-state index in [-0.39, 0.29) is 12.2 Å². The highest BCUT2D eigenvalue weighted by Gasteiger charge is 2.34. The Morgan fingerprint density at radius 1 is 1.64 bits per heavy atom. The van der Waals surface area contributed by atoms with Crippen LogP contribution in [0.1, 0.15) is 26.2 Å². The second-order valence-corrected chi connectivity index (χ2v) is 3.38. The van der Waals surface area contributed by atoms with Crippen molar-refractivity contribution in [2.75, 3.05) is 6.61 Å². The summed E-state index contributed by atoms with van der Waals surface area (Å²) in [6.07, 6.45) is 2.89. The van der Waals surface area contributed by atoms with E-state index in [4.69, 9.17) is 4.74 Å². The lowest BCUT2D eigenvalue weighted by molar-refractivity contribution is -0.0289. The van der Waals surface area contributed by atoms with Gasteiger partial charge in [-0.15, -0.1) is 0 Å². The fraction of sp³-hybridized carbons (Fsp3) is 0.778. The summed E-state index contributed by atoms with van der Waals surface area (Å²) < 4.78 is 5.32. The number of hydrogen-bond acceptors (Lipinski definition) is 2. The molecule has 2 aliphatic rings. The van der Waals surface area contributed by atoms with E-state index in [2.05, 4.69) is 6.92 Å². The first-order chi connectivity index (χ1) is 5.31. The Morgan fingerprint density at radius 2 is 2.45 bits per heavy atom. The Morgan fingerprint density at radius 3 is 3.00 bits per heavy atom. The van der Waals surface area contributed by atoms with E-state index in [9.17, 15) is 5.11 Å². The van der Waals surface area contributed by atoms with Gasteiger partial charge in [-0.05, 0) is 18.4 Å². The Kier molecular flexibility index (Phi) is 1.74. The van der Waals surface area contributed by atoms with Crippen LogP contribution in [0.5, 0.6) is 0 Å². The van der Waals surface area contributed by atoms with E-state index in [0.29, 0.717) is 0 Å². The topological polar surface area (TPSA) is 29.5 Å². The van der Waals surface area contributed by atoms with Crippen LogP contribution in [-0.2, 0) is 4.74 Å². The van der Waals surface area contributed by atoms with Crippen LogP contribution >= 0.6 is 0 Å². The smallest absolute Gasteiger partial charge is 0.0839 e. The molecule has 1 heterocycles. The van der Waals surface area contributed by atoms with E-state index in [1.807, 2.05) is 0 Å². The van der Waals surface area contributed by atoms with Gasteiger partial charge in [-0.1, -0.05) is 12.5 Å². The van der Waals surface area contributed by atoms with Crippen molar-refractivity contribution in [1.29, 1.82) is 0 Å². The lowest BCUT2D eigenvalue weighted by atomic mass is 9.84. The molecule has 1 aliphatic carbocycles. The Labute approximate surface area is 66.9 Å². The third kappa shape index (κ3) is 1.10. The first kappa shape index (κ1) is 7.32. The average molecular weight is 154 g/mol. The molecule has 2 rings (SSSR count). The van der Waals surface area contributed by atoms with Crippen molar-refractivity contribution in [1.82, 2.24) is 0 Å². The van der Waals surface area contributed by atoms with Gasteiger partial charge in [0.2, 0.25) is 0 Å². The molecule has 11 heavy (non-hydrogen) atoms. The molecule has 1 fully saturated rings. The van der Waals surface area contributed by atoms with Crippen molar-refractivity contribution in [2.24, 2.45) is 0 Å². The molecule has 0 bridgehead atoms. The zero-order valence-electron chi connectivity index (χ0n) is 6.84. The fourth-order valence-corrected chi connectivity index (χ4v) is 1.94. The van der Waals surface area contributed by atoms with Gasteiger partial charge in [-0.3, -0.25) is 0 Å². The molecule has 1 saturated heterocycles. The van der Waals surface area contributed by atoms with Crippen molar-refractivity contribution >= 4 is 0 Å². The van der Waals surface area contributed by atoms with Gasteiger partial charge in [0.05, 0.1) is 18.8 Å². The highest BCUT2D eigenvalue weighted by Crippen LogP contribution is 2.35. The molecule has 1 N–H and O–H groups in total. The minimum absolute atomic E-state index is 0.154. The maximum atomic E-state index is 9.42. The molecule has 2 heteroatoms. The molecule has 2 unspecified atom stereocenters. The van der Waals surface area contributed by atoms with Crippen LogP contribution < -0.4 is 0 Å². The monoisotopic (exact) mass is 154 g/mol. The summed E-state index contributed by atoms with van der Waals surface area (Å²) in [5.74, 6) is 0. The van der Waals surface area contributed by atoms with Crippen LogP contribution in [-0.4, -0.2) is 23.9 Å². The Hall–Kier alpha value is -0.340. The summed E-state index contributed by atoms with van der Waals surface area (Å²) in [7, 11) is 0. The average Bonchev–Trinajstić information content (AvgIpc) is 1.95. The van der Waals surface area contributed by atoms with E-state index < -0.39 is 0 Å². The highest BCUT2D eigenvalue weighted by molar-refractivity contribution is 5.27. The van der Waals surface area contributed by atoms with Crippen molar-refractivity contribution in [3.05, 3.63) is 11.1 Å². The first-order valence-electron chi connectivity index (χ1n) is 4.31. The van der Waals surface area contributed by atoms with Crippen LogP contribution in [0.4, 0.5) is 0 Å². The molecule has 0 radical (unpaired) electrons. The molecule has 0 amide bonds.